The molecule has 35 heavy (non-hydrogen) atoms. The summed E-state index contributed by atoms with van der Waals surface area (Å²) in [7, 11) is 0. The van der Waals surface area contributed by atoms with Crippen LogP contribution in [0.3, 0.4) is 0 Å². The summed E-state index contributed by atoms with van der Waals surface area (Å²) >= 11 is 0. The number of ether oxygens (including phenoxy) is 1. The summed E-state index contributed by atoms with van der Waals surface area (Å²) in [5.41, 5.74) is 6.75. The highest BCUT2D eigenvalue weighted by molar-refractivity contribution is 6.32. The summed E-state index contributed by atoms with van der Waals surface area (Å²) in [6.45, 7) is 4.39. The smallest absolute Gasteiger partial charge is 0.345 e. The molecule has 0 bridgehead atoms. The zero-order valence-electron chi connectivity index (χ0n) is 19.3. The molecule has 3 nitrogen and oxygen atoms in total. The largest absolute Gasteiger partial charge is 0.422 e. The lowest BCUT2D eigenvalue weighted by Crippen LogP contribution is -2.05. The van der Waals surface area contributed by atoms with Crippen LogP contribution in [0.25, 0.3) is 16.7 Å². The molecule has 0 spiro atoms. The predicted octanol–water partition coefficient (Wildman–Crippen LogP) is 7.21. The maximum absolute atomic E-state index is 13.6. The lowest BCUT2D eigenvalue weighted by molar-refractivity contribution is -0.131. The van der Waals surface area contributed by atoms with Gasteiger partial charge in [0.2, 0.25) is 0 Å². The Labute approximate surface area is 205 Å². The highest BCUT2D eigenvalue weighted by Gasteiger charge is 2.35. The van der Waals surface area contributed by atoms with E-state index in [1.165, 1.54) is 0 Å². The Morgan fingerprint density at radius 2 is 1.26 bits per heavy atom. The molecule has 0 atom stereocenters. The molecule has 3 heteroatoms. The number of rotatable bonds is 7. The fraction of sp³-hybridized carbons (Fsp3) is 0.0312. The minimum atomic E-state index is -0.365. The molecule has 0 aliphatic carbocycles. The molecule has 1 heterocycles. The molecule has 4 aromatic rings. The number of carbonyl (C=O) groups excluding carboxylic acids is 1. The van der Waals surface area contributed by atoms with Crippen molar-refractivity contribution in [1.29, 1.82) is 0 Å². The van der Waals surface area contributed by atoms with Gasteiger partial charge in [0, 0.05) is 28.9 Å². The lowest BCUT2D eigenvalue weighted by Gasteiger charge is -2.15. The van der Waals surface area contributed by atoms with Gasteiger partial charge in [0.15, 0.2) is 0 Å². The Morgan fingerprint density at radius 3 is 1.86 bits per heavy atom. The van der Waals surface area contributed by atoms with Crippen LogP contribution in [-0.4, -0.2) is 12.5 Å². The fourth-order valence-electron chi connectivity index (χ4n) is 4.39. The maximum atomic E-state index is 13.6. The first kappa shape index (κ1) is 22.2. The third kappa shape index (κ3) is 4.44. The molecule has 0 saturated heterocycles. The topological polar surface area (TPSA) is 38.3 Å². The highest BCUT2D eigenvalue weighted by atomic mass is 16.5. The lowest BCUT2D eigenvalue weighted by atomic mass is 9.89. The number of anilines is 1. The molecular weight excluding hydrogens is 430 g/mol. The molecule has 4 aromatic carbocycles. The first-order valence-electron chi connectivity index (χ1n) is 11.6. The molecule has 0 fully saturated rings. The monoisotopic (exact) mass is 455 g/mol. The number of benzene rings is 4. The summed E-state index contributed by atoms with van der Waals surface area (Å²) in [6, 6.07) is 37.9. The van der Waals surface area contributed by atoms with E-state index in [1.54, 1.807) is 6.08 Å². The van der Waals surface area contributed by atoms with Gasteiger partial charge in [-0.3, -0.25) is 0 Å². The van der Waals surface area contributed by atoms with E-state index in [4.69, 9.17) is 4.74 Å². The Hall–Kier alpha value is -4.63. The molecule has 0 unspecified atom stereocenters. The van der Waals surface area contributed by atoms with Gasteiger partial charge in [-0.2, -0.15) is 0 Å². The van der Waals surface area contributed by atoms with Crippen molar-refractivity contribution in [1.82, 2.24) is 0 Å². The number of hydrogen-bond acceptors (Lipinski definition) is 3. The average Bonchev–Trinajstić information content (AvgIpc) is 3.25. The van der Waals surface area contributed by atoms with Crippen molar-refractivity contribution in [2.45, 2.75) is 0 Å². The molecular formula is C32H25NO2. The van der Waals surface area contributed by atoms with Crippen LogP contribution in [0.1, 0.15) is 22.3 Å². The van der Waals surface area contributed by atoms with Crippen LogP contribution < -0.4 is 5.32 Å². The van der Waals surface area contributed by atoms with Crippen LogP contribution in [0.15, 0.2) is 134 Å². The van der Waals surface area contributed by atoms with Gasteiger partial charge in [-0.15, -0.1) is 6.58 Å². The Kier molecular flexibility index (Phi) is 6.40. The minimum absolute atomic E-state index is 0.365. The van der Waals surface area contributed by atoms with Crippen LogP contribution in [0.2, 0.25) is 0 Å². The quantitative estimate of drug-likeness (QED) is 0.236. The summed E-state index contributed by atoms with van der Waals surface area (Å²) < 4.78 is 6.14. The van der Waals surface area contributed by atoms with Crippen LogP contribution >= 0.6 is 0 Å². The SMILES string of the molecule is C=CCNc1ccccc1C1=C(c2ccccc2)C(=C(c2ccccc2)c2ccccc2)OC1=O. The van der Waals surface area contributed by atoms with Gasteiger partial charge in [-0.05, 0) is 22.8 Å². The Balaban J connectivity index is 1.85. The van der Waals surface area contributed by atoms with Crippen molar-refractivity contribution in [3.05, 3.63) is 156 Å². The number of para-hydroxylation sites is 1. The highest BCUT2D eigenvalue weighted by Crippen LogP contribution is 2.46. The molecule has 1 aliphatic heterocycles. The summed E-state index contributed by atoms with van der Waals surface area (Å²) in [4.78, 5) is 13.6. The molecule has 1 aliphatic rings. The molecule has 0 amide bonds. The molecule has 170 valence electrons. The van der Waals surface area contributed by atoms with E-state index in [0.29, 0.717) is 17.9 Å². The number of allylic oxidation sites excluding steroid dienone is 1. The Bertz CT molecular complexity index is 1380. The minimum Gasteiger partial charge on any atom is -0.422 e. The first-order valence-corrected chi connectivity index (χ1v) is 11.6. The van der Waals surface area contributed by atoms with Gasteiger partial charge in [0.05, 0.1) is 5.57 Å². The number of hydrogen-bond donors (Lipinski definition) is 1. The fourth-order valence-corrected chi connectivity index (χ4v) is 4.39. The maximum Gasteiger partial charge on any atom is 0.345 e. The van der Waals surface area contributed by atoms with Crippen molar-refractivity contribution in [3.63, 3.8) is 0 Å². The molecule has 0 saturated carbocycles. The number of carbonyl (C=O) groups is 1. The summed E-state index contributed by atoms with van der Waals surface area (Å²) in [5.74, 6) is 0.197. The zero-order valence-corrected chi connectivity index (χ0v) is 19.3. The van der Waals surface area contributed by atoms with Crippen LogP contribution in [0.4, 0.5) is 5.69 Å². The molecule has 0 radical (unpaired) electrons. The summed E-state index contributed by atoms with van der Waals surface area (Å²) in [6.07, 6.45) is 1.80. The van der Waals surface area contributed by atoms with Crippen LogP contribution in [-0.2, 0) is 9.53 Å². The normalized spacial score (nSPS) is 12.9. The van der Waals surface area contributed by atoms with E-state index in [1.807, 2.05) is 115 Å². The van der Waals surface area contributed by atoms with Gasteiger partial charge in [-0.25, -0.2) is 4.79 Å². The van der Waals surface area contributed by atoms with Crippen LogP contribution in [0, 0.1) is 0 Å². The second-order valence-corrected chi connectivity index (χ2v) is 8.16. The van der Waals surface area contributed by atoms with Crippen molar-refractivity contribution in [2.24, 2.45) is 0 Å². The number of cyclic esters (lactones) is 1. The average molecular weight is 456 g/mol. The number of nitrogens with one attached hydrogen (secondary N) is 1. The third-order valence-electron chi connectivity index (χ3n) is 5.92. The van der Waals surface area contributed by atoms with Gasteiger partial charge >= 0.3 is 5.97 Å². The van der Waals surface area contributed by atoms with Crippen molar-refractivity contribution >= 4 is 28.4 Å². The van der Waals surface area contributed by atoms with Crippen molar-refractivity contribution in [2.75, 3.05) is 11.9 Å². The zero-order chi connectivity index (χ0) is 24.0. The molecule has 5 rings (SSSR count). The Morgan fingerprint density at radius 1 is 0.714 bits per heavy atom. The van der Waals surface area contributed by atoms with Crippen molar-refractivity contribution < 1.29 is 9.53 Å². The predicted molar refractivity (Wildman–Crippen MR) is 143 cm³/mol. The van der Waals surface area contributed by atoms with E-state index >= 15 is 0 Å². The number of esters is 1. The second kappa shape index (κ2) is 10.1. The summed E-state index contributed by atoms with van der Waals surface area (Å²) in [5, 5.41) is 3.36. The van der Waals surface area contributed by atoms with Gasteiger partial charge in [0.1, 0.15) is 5.76 Å². The van der Waals surface area contributed by atoms with Crippen molar-refractivity contribution in [3.8, 4) is 0 Å². The molecule has 1 N–H and O–H groups in total. The first-order chi connectivity index (χ1) is 17.3. The van der Waals surface area contributed by atoms with E-state index in [2.05, 4.69) is 11.9 Å². The van der Waals surface area contributed by atoms with Gasteiger partial charge in [-0.1, -0.05) is 115 Å². The molecule has 0 aromatic heterocycles. The third-order valence-corrected chi connectivity index (χ3v) is 5.92. The van der Waals surface area contributed by atoms with E-state index in [-0.39, 0.29) is 5.97 Å². The standard InChI is InChI=1S/C32H25NO2/c1-2-22-33-27-21-13-12-20-26(27)30-29(25-18-10-5-11-19-25)31(35-32(30)34)28(23-14-6-3-7-15-23)24-16-8-4-9-17-24/h2-21,33H,1,22H2. The van der Waals surface area contributed by atoms with E-state index in [0.717, 1.165) is 39.1 Å². The van der Waals surface area contributed by atoms with Crippen LogP contribution in [0.5, 0.6) is 0 Å². The van der Waals surface area contributed by atoms with Gasteiger partial charge < -0.3 is 10.1 Å². The van der Waals surface area contributed by atoms with E-state index < -0.39 is 0 Å². The second-order valence-electron chi connectivity index (χ2n) is 8.16. The van der Waals surface area contributed by atoms with E-state index in [9.17, 15) is 4.79 Å². The van der Waals surface area contributed by atoms with Gasteiger partial charge in [0.25, 0.3) is 0 Å².